The molecule has 0 spiro atoms. The van der Waals surface area contributed by atoms with E-state index in [1.54, 1.807) is 7.05 Å². The molecule has 0 saturated heterocycles. The van der Waals surface area contributed by atoms with Crippen molar-refractivity contribution in [3.8, 4) is 0 Å². The van der Waals surface area contributed by atoms with Crippen molar-refractivity contribution < 1.29 is 17.6 Å². The number of alkyl halides is 3. The summed E-state index contributed by atoms with van der Waals surface area (Å²) in [4.78, 5) is 0. The molecule has 17 heavy (non-hydrogen) atoms. The van der Waals surface area contributed by atoms with Gasteiger partial charge in [-0.2, -0.15) is 13.2 Å². The Morgan fingerprint density at radius 2 is 1.94 bits per heavy atom. The smallest absolute Gasteiger partial charge is 0.314 e. The van der Waals surface area contributed by atoms with Gasteiger partial charge in [0.25, 0.3) is 0 Å². The Bertz CT molecular complexity index is 421. The molecule has 1 fully saturated rings. The maximum absolute atomic E-state index is 13.0. The van der Waals surface area contributed by atoms with E-state index in [2.05, 4.69) is 5.32 Å². The van der Waals surface area contributed by atoms with Crippen LogP contribution in [0.3, 0.4) is 0 Å². The first kappa shape index (κ1) is 12.4. The molecule has 5 heteroatoms. The summed E-state index contributed by atoms with van der Waals surface area (Å²) in [5.41, 5.74) is -0.974. The fourth-order valence-corrected chi connectivity index (χ4v) is 2.02. The molecular weight excluding hydrogens is 234 g/mol. The van der Waals surface area contributed by atoms with Gasteiger partial charge >= 0.3 is 6.18 Å². The maximum atomic E-state index is 13.0. The van der Waals surface area contributed by atoms with Crippen LogP contribution in [0.25, 0.3) is 0 Å². The number of nitrogens with one attached hydrogen (secondary N) is 1. The molecule has 1 aromatic rings. The lowest BCUT2D eigenvalue weighted by atomic mass is 9.98. The van der Waals surface area contributed by atoms with E-state index in [9.17, 15) is 17.6 Å². The number of rotatable bonds is 3. The molecule has 1 saturated carbocycles. The van der Waals surface area contributed by atoms with E-state index in [-0.39, 0.29) is 17.5 Å². The summed E-state index contributed by atoms with van der Waals surface area (Å²) in [6.45, 7) is 0. The zero-order valence-electron chi connectivity index (χ0n) is 9.37. The Labute approximate surface area is 96.8 Å². The summed E-state index contributed by atoms with van der Waals surface area (Å²) >= 11 is 0. The third-order valence-electron chi connectivity index (χ3n) is 3.29. The van der Waals surface area contributed by atoms with Crippen LogP contribution in [-0.4, -0.2) is 12.6 Å². The van der Waals surface area contributed by atoms with Crippen molar-refractivity contribution in [2.45, 2.75) is 31.0 Å². The first-order valence-electron chi connectivity index (χ1n) is 5.41. The molecule has 1 aromatic carbocycles. The predicted octanol–water partition coefficient (Wildman–Crippen LogP) is 3.14. The van der Waals surface area contributed by atoms with Crippen LogP contribution in [0.15, 0.2) is 18.2 Å². The summed E-state index contributed by atoms with van der Waals surface area (Å²) in [7, 11) is 1.72. The highest BCUT2D eigenvalue weighted by molar-refractivity contribution is 5.33. The van der Waals surface area contributed by atoms with Crippen LogP contribution < -0.4 is 5.32 Å². The summed E-state index contributed by atoms with van der Waals surface area (Å²) in [5, 5.41) is 3.01. The van der Waals surface area contributed by atoms with Crippen molar-refractivity contribution in [2.24, 2.45) is 0 Å². The van der Waals surface area contributed by atoms with Gasteiger partial charge in [-0.25, -0.2) is 4.39 Å². The van der Waals surface area contributed by atoms with Gasteiger partial charge in [0.05, 0.1) is 5.56 Å². The Morgan fingerprint density at radius 1 is 1.29 bits per heavy atom. The Balaban J connectivity index is 2.34. The van der Waals surface area contributed by atoms with Crippen molar-refractivity contribution in [2.75, 3.05) is 7.05 Å². The first-order chi connectivity index (χ1) is 7.86. The molecular formula is C12H13F4N. The second-order valence-electron chi connectivity index (χ2n) is 4.51. The molecule has 0 atom stereocenters. The largest absolute Gasteiger partial charge is 0.416 e. The zero-order chi connectivity index (χ0) is 12.7. The van der Waals surface area contributed by atoms with Crippen LogP contribution in [0.4, 0.5) is 17.6 Å². The first-order valence-corrected chi connectivity index (χ1v) is 5.41. The lowest BCUT2D eigenvalue weighted by Crippen LogP contribution is -2.30. The molecule has 0 radical (unpaired) electrons. The fraction of sp³-hybridized carbons (Fsp3) is 0.500. The van der Waals surface area contributed by atoms with E-state index in [0.717, 1.165) is 31.0 Å². The molecule has 0 unspecified atom stereocenters. The van der Waals surface area contributed by atoms with E-state index in [4.69, 9.17) is 0 Å². The standard InChI is InChI=1S/C12H13F4N/c1-17-11(4-5-11)7-8-6-9(13)2-3-10(8)12(14,15)16/h2-3,6,17H,4-5,7H2,1H3. The fourth-order valence-electron chi connectivity index (χ4n) is 2.02. The van der Waals surface area contributed by atoms with Crippen LogP contribution in [0.1, 0.15) is 24.0 Å². The molecule has 0 aliphatic heterocycles. The molecule has 0 heterocycles. The molecule has 1 aliphatic carbocycles. The zero-order valence-corrected chi connectivity index (χ0v) is 9.37. The van der Waals surface area contributed by atoms with Gasteiger partial charge in [0.2, 0.25) is 0 Å². The summed E-state index contributed by atoms with van der Waals surface area (Å²) in [6.07, 6.45) is -2.54. The minimum Gasteiger partial charge on any atom is -0.314 e. The average molecular weight is 247 g/mol. The van der Waals surface area contributed by atoms with E-state index in [1.807, 2.05) is 0 Å². The quantitative estimate of drug-likeness (QED) is 0.809. The Kier molecular flexibility index (Phi) is 2.89. The van der Waals surface area contributed by atoms with Crippen LogP contribution in [-0.2, 0) is 12.6 Å². The lowest BCUT2D eigenvalue weighted by molar-refractivity contribution is -0.138. The maximum Gasteiger partial charge on any atom is 0.416 e. The highest BCUT2D eigenvalue weighted by Gasteiger charge is 2.43. The Morgan fingerprint density at radius 3 is 2.41 bits per heavy atom. The van der Waals surface area contributed by atoms with Gasteiger partial charge in [0.15, 0.2) is 0 Å². The molecule has 0 amide bonds. The van der Waals surface area contributed by atoms with E-state index in [0.29, 0.717) is 0 Å². The predicted molar refractivity (Wildman–Crippen MR) is 56.1 cm³/mol. The molecule has 94 valence electrons. The molecule has 0 bridgehead atoms. The number of benzene rings is 1. The second-order valence-corrected chi connectivity index (χ2v) is 4.51. The normalized spacial score (nSPS) is 18.2. The third-order valence-corrected chi connectivity index (χ3v) is 3.29. The number of hydrogen-bond acceptors (Lipinski definition) is 1. The van der Waals surface area contributed by atoms with Crippen LogP contribution in [0.5, 0.6) is 0 Å². The molecule has 2 rings (SSSR count). The highest BCUT2D eigenvalue weighted by Crippen LogP contribution is 2.41. The van der Waals surface area contributed by atoms with E-state index in [1.165, 1.54) is 0 Å². The van der Waals surface area contributed by atoms with E-state index < -0.39 is 17.6 Å². The van der Waals surface area contributed by atoms with Crippen LogP contribution >= 0.6 is 0 Å². The van der Waals surface area contributed by atoms with Gasteiger partial charge < -0.3 is 5.32 Å². The monoisotopic (exact) mass is 247 g/mol. The summed E-state index contributed by atoms with van der Waals surface area (Å²) in [5.74, 6) is -0.625. The minimum atomic E-state index is -4.42. The topological polar surface area (TPSA) is 12.0 Å². The van der Waals surface area contributed by atoms with Gasteiger partial charge in [0.1, 0.15) is 5.82 Å². The van der Waals surface area contributed by atoms with Gasteiger partial charge in [-0.3, -0.25) is 0 Å². The molecule has 1 aliphatic rings. The van der Waals surface area contributed by atoms with Gasteiger partial charge in [-0.1, -0.05) is 0 Å². The van der Waals surface area contributed by atoms with Crippen molar-refractivity contribution in [3.63, 3.8) is 0 Å². The van der Waals surface area contributed by atoms with E-state index >= 15 is 0 Å². The number of hydrogen-bond donors (Lipinski definition) is 1. The van der Waals surface area contributed by atoms with Crippen molar-refractivity contribution in [1.82, 2.24) is 5.32 Å². The minimum absolute atomic E-state index is 0.0318. The SMILES string of the molecule is CNC1(Cc2cc(F)ccc2C(F)(F)F)CC1. The number of halogens is 4. The van der Waals surface area contributed by atoms with Crippen LogP contribution in [0.2, 0.25) is 0 Å². The molecule has 1 N–H and O–H groups in total. The molecule has 0 aromatic heterocycles. The number of likely N-dealkylation sites (N-methyl/N-ethyl adjacent to an activating group) is 1. The lowest BCUT2D eigenvalue weighted by Gasteiger charge is -2.18. The van der Waals surface area contributed by atoms with Crippen LogP contribution in [0, 0.1) is 5.82 Å². The van der Waals surface area contributed by atoms with Crippen molar-refractivity contribution in [1.29, 1.82) is 0 Å². The second kappa shape index (κ2) is 3.98. The Hall–Kier alpha value is -1.10. The van der Waals surface area contributed by atoms with Crippen molar-refractivity contribution in [3.05, 3.63) is 35.1 Å². The van der Waals surface area contributed by atoms with Gasteiger partial charge in [-0.05, 0) is 50.1 Å². The molecule has 1 nitrogen and oxygen atoms in total. The van der Waals surface area contributed by atoms with Crippen molar-refractivity contribution >= 4 is 0 Å². The summed E-state index contributed by atoms with van der Waals surface area (Å²) < 4.78 is 51.3. The highest BCUT2D eigenvalue weighted by atomic mass is 19.4. The van der Waals surface area contributed by atoms with Gasteiger partial charge in [-0.15, -0.1) is 0 Å². The summed E-state index contributed by atoms with van der Waals surface area (Å²) in [6, 6.07) is 2.65. The third kappa shape index (κ3) is 2.60. The average Bonchev–Trinajstić information content (AvgIpc) is 2.96. The van der Waals surface area contributed by atoms with Gasteiger partial charge in [0, 0.05) is 5.54 Å².